The van der Waals surface area contributed by atoms with Crippen molar-refractivity contribution in [1.29, 1.82) is 0 Å². The normalized spacial score (nSPS) is 18.2. The molecule has 0 bridgehead atoms. The van der Waals surface area contributed by atoms with Gasteiger partial charge in [0.2, 0.25) is 0 Å². The molecule has 0 spiro atoms. The van der Waals surface area contributed by atoms with Crippen LogP contribution in [0.2, 0.25) is 0 Å². The summed E-state index contributed by atoms with van der Waals surface area (Å²) in [6.45, 7) is 4.34. The van der Waals surface area contributed by atoms with E-state index in [-0.39, 0.29) is 0 Å². The van der Waals surface area contributed by atoms with Crippen LogP contribution in [0.25, 0.3) is 0 Å². The van der Waals surface area contributed by atoms with Crippen LogP contribution >= 0.6 is 11.3 Å². The fraction of sp³-hybridized carbons (Fsp3) is 0.556. The quantitative estimate of drug-likeness (QED) is 0.660. The van der Waals surface area contributed by atoms with Crippen molar-refractivity contribution < 1.29 is 0 Å². The molecule has 1 radical (unpaired) electrons. The van der Waals surface area contributed by atoms with Gasteiger partial charge in [-0.1, -0.05) is 0 Å². The lowest BCUT2D eigenvalue weighted by molar-refractivity contribution is 0.676. The third-order valence-electron chi connectivity index (χ3n) is 2.08. The zero-order valence-corrected chi connectivity index (χ0v) is 8.10. The molecule has 0 atom stereocenters. The molecule has 0 saturated carbocycles. The molecule has 0 aromatic carbocycles. The number of thiazole rings is 1. The van der Waals surface area contributed by atoms with Crippen molar-refractivity contribution in [2.24, 2.45) is 0 Å². The van der Waals surface area contributed by atoms with Gasteiger partial charge in [-0.25, -0.2) is 4.98 Å². The lowest BCUT2D eigenvalue weighted by Crippen LogP contribution is -2.29. The molecule has 1 aromatic heterocycles. The van der Waals surface area contributed by atoms with E-state index in [1.54, 1.807) is 11.3 Å². The first-order chi connectivity index (χ1) is 5.86. The number of rotatable bonds is 1. The molecule has 1 saturated heterocycles. The molecule has 2 nitrogen and oxygen atoms in total. The monoisotopic (exact) mass is 181 g/mol. The van der Waals surface area contributed by atoms with Crippen LogP contribution in [0.1, 0.15) is 18.5 Å². The average molecular weight is 181 g/mol. The van der Waals surface area contributed by atoms with Gasteiger partial charge in [0.1, 0.15) is 0 Å². The van der Waals surface area contributed by atoms with Gasteiger partial charge in [0.05, 0.1) is 5.69 Å². The summed E-state index contributed by atoms with van der Waals surface area (Å²) >= 11 is 1.76. The Kier molecular flexibility index (Phi) is 2.30. The van der Waals surface area contributed by atoms with Gasteiger partial charge >= 0.3 is 0 Å². The van der Waals surface area contributed by atoms with Gasteiger partial charge in [-0.05, 0) is 26.2 Å². The van der Waals surface area contributed by atoms with Crippen LogP contribution in [0.15, 0.2) is 5.38 Å². The second-order valence-electron chi connectivity index (χ2n) is 3.12. The first kappa shape index (κ1) is 8.05. The molecule has 3 heteroatoms. The highest BCUT2D eigenvalue weighted by Crippen LogP contribution is 2.22. The van der Waals surface area contributed by atoms with Crippen LogP contribution in [-0.2, 0) is 0 Å². The molecule has 1 aliphatic heterocycles. The molecule has 12 heavy (non-hydrogen) atoms. The van der Waals surface area contributed by atoms with E-state index in [0.717, 1.165) is 18.8 Å². The van der Waals surface area contributed by atoms with Crippen molar-refractivity contribution in [2.45, 2.75) is 19.8 Å². The molecule has 0 N–H and O–H groups in total. The van der Waals surface area contributed by atoms with E-state index in [1.165, 1.54) is 18.0 Å². The van der Waals surface area contributed by atoms with Crippen molar-refractivity contribution in [3.63, 3.8) is 0 Å². The molecular weight excluding hydrogens is 168 g/mol. The lowest BCUT2D eigenvalue weighted by atomic mass is 10.1. The first-order valence-corrected chi connectivity index (χ1v) is 5.23. The SMILES string of the molecule is Cc1csc(N2CC[CH]CC2)n1. The van der Waals surface area contributed by atoms with E-state index in [1.807, 2.05) is 0 Å². The van der Waals surface area contributed by atoms with Gasteiger partial charge in [-0.2, -0.15) is 0 Å². The van der Waals surface area contributed by atoms with Gasteiger partial charge in [-0.3, -0.25) is 0 Å². The first-order valence-electron chi connectivity index (χ1n) is 4.35. The van der Waals surface area contributed by atoms with Crippen LogP contribution in [0, 0.1) is 13.3 Å². The highest BCUT2D eigenvalue weighted by molar-refractivity contribution is 7.13. The van der Waals surface area contributed by atoms with Crippen LogP contribution in [0.5, 0.6) is 0 Å². The molecule has 1 fully saturated rings. The number of aromatic nitrogens is 1. The molecule has 0 aliphatic carbocycles. The summed E-state index contributed by atoms with van der Waals surface area (Å²) in [7, 11) is 0. The Morgan fingerprint density at radius 2 is 2.17 bits per heavy atom. The van der Waals surface area contributed by atoms with E-state index >= 15 is 0 Å². The number of piperidine rings is 1. The summed E-state index contributed by atoms with van der Waals surface area (Å²) in [6, 6.07) is 0. The third kappa shape index (κ3) is 1.61. The van der Waals surface area contributed by atoms with Crippen molar-refractivity contribution >= 4 is 16.5 Å². The number of aryl methyl sites for hydroxylation is 1. The highest BCUT2D eigenvalue weighted by Gasteiger charge is 2.12. The van der Waals surface area contributed by atoms with E-state index in [0.29, 0.717) is 0 Å². The van der Waals surface area contributed by atoms with Gasteiger partial charge < -0.3 is 4.90 Å². The van der Waals surface area contributed by atoms with E-state index in [9.17, 15) is 0 Å². The molecule has 65 valence electrons. The fourth-order valence-corrected chi connectivity index (χ4v) is 2.29. The predicted octanol–water partition coefficient (Wildman–Crippen LogP) is 2.26. The zero-order chi connectivity index (χ0) is 8.39. The molecule has 2 heterocycles. The Hall–Kier alpha value is -0.570. The number of nitrogens with zero attached hydrogens (tertiary/aromatic N) is 2. The molecule has 1 aliphatic rings. The van der Waals surface area contributed by atoms with Gasteiger partial charge in [0.15, 0.2) is 5.13 Å². The van der Waals surface area contributed by atoms with E-state index in [4.69, 9.17) is 0 Å². The lowest BCUT2D eigenvalue weighted by Gasteiger charge is -2.25. The van der Waals surface area contributed by atoms with Crippen LogP contribution < -0.4 is 4.90 Å². The van der Waals surface area contributed by atoms with Crippen molar-refractivity contribution in [2.75, 3.05) is 18.0 Å². The van der Waals surface area contributed by atoms with Crippen LogP contribution in [0.3, 0.4) is 0 Å². The smallest absolute Gasteiger partial charge is 0.185 e. The summed E-state index contributed by atoms with van der Waals surface area (Å²) in [5, 5.41) is 3.31. The molecular formula is C9H13N2S. The average Bonchev–Trinajstić information content (AvgIpc) is 2.54. The summed E-state index contributed by atoms with van der Waals surface area (Å²) in [5.74, 6) is 0. The van der Waals surface area contributed by atoms with Crippen LogP contribution in [0.4, 0.5) is 5.13 Å². The van der Waals surface area contributed by atoms with E-state index in [2.05, 4.69) is 28.6 Å². The Labute approximate surface area is 77.2 Å². The molecule has 2 rings (SSSR count). The third-order valence-corrected chi connectivity index (χ3v) is 3.10. The van der Waals surface area contributed by atoms with Crippen molar-refractivity contribution in [3.05, 3.63) is 17.5 Å². The molecule has 1 aromatic rings. The molecule has 0 amide bonds. The van der Waals surface area contributed by atoms with E-state index < -0.39 is 0 Å². The van der Waals surface area contributed by atoms with Crippen molar-refractivity contribution in [3.8, 4) is 0 Å². The minimum Gasteiger partial charge on any atom is -0.348 e. The Morgan fingerprint density at radius 1 is 1.42 bits per heavy atom. The topological polar surface area (TPSA) is 16.1 Å². The Bertz CT molecular complexity index is 251. The standard InChI is InChI=1S/C9H13N2S/c1-8-7-12-9(10-8)11-5-3-2-4-6-11/h2,7H,3-6H2,1H3. The second kappa shape index (κ2) is 3.44. The number of hydrogen-bond donors (Lipinski definition) is 0. The second-order valence-corrected chi connectivity index (χ2v) is 3.96. The molecule has 0 unspecified atom stereocenters. The van der Waals surface area contributed by atoms with Gasteiger partial charge in [0, 0.05) is 18.5 Å². The largest absolute Gasteiger partial charge is 0.348 e. The van der Waals surface area contributed by atoms with Crippen molar-refractivity contribution in [1.82, 2.24) is 4.98 Å². The predicted molar refractivity (Wildman–Crippen MR) is 52.6 cm³/mol. The van der Waals surface area contributed by atoms with Crippen LogP contribution in [-0.4, -0.2) is 18.1 Å². The Morgan fingerprint density at radius 3 is 2.75 bits per heavy atom. The Balaban J connectivity index is 2.08. The maximum absolute atomic E-state index is 4.46. The number of anilines is 1. The fourth-order valence-electron chi connectivity index (χ4n) is 1.43. The minimum atomic E-state index is 1.14. The van der Waals surface area contributed by atoms with Gasteiger partial charge in [0.25, 0.3) is 0 Å². The summed E-state index contributed by atoms with van der Waals surface area (Å²) in [6.07, 6.45) is 4.77. The summed E-state index contributed by atoms with van der Waals surface area (Å²) in [5.41, 5.74) is 1.14. The zero-order valence-electron chi connectivity index (χ0n) is 7.29. The number of hydrogen-bond acceptors (Lipinski definition) is 3. The highest BCUT2D eigenvalue weighted by atomic mass is 32.1. The minimum absolute atomic E-state index is 1.14. The summed E-state index contributed by atoms with van der Waals surface area (Å²) in [4.78, 5) is 6.84. The maximum Gasteiger partial charge on any atom is 0.185 e. The van der Waals surface area contributed by atoms with Gasteiger partial charge in [-0.15, -0.1) is 11.3 Å². The maximum atomic E-state index is 4.46. The summed E-state index contributed by atoms with van der Waals surface area (Å²) < 4.78 is 0.